The first-order valence-corrected chi connectivity index (χ1v) is 19.2. The third-order valence-corrected chi connectivity index (χ3v) is 11.6. The van der Waals surface area contributed by atoms with Crippen LogP contribution < -0.4 is 9.80 Å². The van der Waals surface area contributed by atoms with Crippen LogP contribution in [-0.2, 0) is 5.41 Å². The second kappa shape index (κ2) is 13.6. The van der Waals surface area contributed by atoms with E-state index in [1.807, 2.05) is 0 Å². The van der Waals surface area contributed by atoms with E-state index in [-0.39, 0.29) is 5.41 Å². The van der Waals surface area contributed by atoms with Gasteiger partial charge in [-0.05, 0) is 136 Å². The van der Waals surface area contributed by atoms with E-state index >= 15 is 0 Å². The summed E-state index contributed by atoms with van der Waals surface area (Å²) < 4.78 is 0. The van der Waals surface area contributed by atoms with Crippen molar-refractivity contribution in [2.24, 2.45) is 0 Å². The molecule has 0 saturated carbocycles. The monoisotopic (exact) mass is 686 g/mol. The van der Waals surface area contributed by atoms with Gasteiger partial charge >= 0.3 is 0 Å². The third-order valence-electron chi connectivity index (χ3n) is 11.6. The number of allylic oxidation sites excluding steroid dienone is 5. The molecule has 0 unspecified atom stereocenters. The summed E-state index contributed by atoms with van der Waals surface area (Å²) in [6.45, 7) is 10.4. The van der Waals surface area contributed by atoms with Crippen LogP contribution in [0.15, 0.2) is 181 Å². The topological polar surface area (TPSA) is 6.48 Å². The molecule has 0 aromatic heterocycles. The molecule has 9 rings (SSSR count). The van der Waals surface area contributed by atoms with Crippen LogP contribution in [0.25, 0.3) is 33.4 Å². The Morgan fingerprint density at radius 3 is 1.74 bits per heavy atom. The molecule has 0 N–H and O–H groups in total. The van der Waals surface area contributed by atoms with Gasteiger partial charge in [0.2, 0.25) is 0 Å². The van der Waals surface area contributed by atoms with Crippen LogP contribution in [0.1, 0.15) is 57.1 Å². The normalized spacial score (nSPS) is 16.0. The van der Waals surface area contributed by atoms with Crippen LogP contribution in [0.5, 0.6) is 0 Å². The summed E-state index contributed by atoms with van der Waals surface area (Å²) in [5, 5.41) is 0. The molecule has 2 aliphatic carbocycles. The van der Waals surface area contributed by atoms with Crippen molar-refractivity contribution in [1.29, 1.82) is 0 Å². The smallest absolute Gasteiger partial charge is 0.0465 e. The molecule has 0 spiro atoms. The van der Waals surface area contributed by atoms with Gasteiger partial charge in [-0.25, -0.2) is 0 Å². The minimum Gasteiger partial charge on any atom is -0.344 e. The van der Waals surface area contributed by atoms with E-state index in [4.69, 9.17) is 0 Å². The van der Waals surface area contributed by atoms with Crippen LogP contribution in [0.4, 0.5) is 22.7 Å². The fourth-order valence-electron chi connectivity index (χ4n) is 8.75. The Balaban J connectivity index is 1.11. The Kier molecular flexibility index (Phi) is 8.47. The Morgan fingerprint density at radius 2 is 1.11 bits per heavy atom. The average Bonchev–Trinajstić information content (AvgIpc) is 3.43. The number of hydrogen-bond acceptors (Lipinski definition) is 2. The second-order valence-corrected chi connectivity index (χ2v) is 15.3. The zero-order valence-electron chi connectivity index (χ0n) is 30.9. The molecule has 6 aromatic rings. The molecule has 1 aliphatic heterocycles. The van der Waals surface area contributed by atoms with Crippen LogP contribution in [0.3, 0.4) is 0 Å². The molecule has 0 bridgehead atoms. The molecule has 260 valence electrons. The highest BCUT2D eigenvalue weighted by Gasteiger charge is 2.37. The molecular formula is C51H46N2. The number of benzene rings is 6. The number of anilines is 4. The fourth-order valence-corrected chi connectivity index (χ4v) is 8.75. The molecule has 53 heavy (non-hydrogen) atoms. The number of rotatable bonds is 6. The van der Waals surface area contributed by atoms with Crippen molar-refractivity contribution in [3.8, 4) is 33.4 Å². The first kappa shape index (κ1) is 33.0. The third kappa shape index (κ3) is 6.03. The summed E-state index contributed by atoms with van der Waals surface area (Å²) in [5.41, 5.74) is 19.0. The van der Waals surface area contributed by atoms with Gasteiger partial charge < -0.3 is 9.80 Å². The van der Waals surface area contributed by atoms with E-state index in [1.54, 1.807) is 0 Å². The zero-order valence-corrected chi connectivity index (χ0v) is 30.9. The molecular weight excluding hydrogens is 641 g/mol. The van der Waals surface area contributed by atoms with Crippen molar-refractivity contribution in [3.05, 3.63) is 192 Å². The Labute approximate surface area is 315 Å². The molecule has 0 fully saturated rings. The summed E-state index contributed by atoms with van der Waals surface area (Å²) in [6.07, 6.45) is 10.3. The molecule has 0 amide bonds. The fraction of sp³-hybridized carbons (Fsp3) is 0.176. The van der Waals surface area contributed by atoms with Crippen molar-refractivity contribution in [2.75, 3.05) is 16.3 Å². The van der Waals surface area contributed by atoms with Gasteiger partial charge in [-0.3, -0.25) is 0 Å². The summed E-state index contributed by atoms with van der Waals surface area (Å²) in [6, 6.07) is 53.6. The summed E-state index contributed by atoms with van der Waals surface area (Å²) in [7, 11) is 0. The Morgan fingerprint density at radius 1 is 0.566 bits per heavy atom. The van der Waals surface area contributed by atoms with Gasteiger partial charge in [0, 0.05) is 40.4 Å². The largest absolute Gasteiger partial charge is 0.344 e. The van der Waals surface area contributed by atoms with Crippen LogP contribution in [0, 0.1) is 0 Å². The maximum absolute atomic E-state index is 4.50. The van der Waals surface area contributed by atoms with E-state index in [1.165, 1.54) is 79.9 Å². The Hall–Kier alpha value is -5.86. The van der Waals surface area contributed by atoms with Crippen molar-refractivity contribution in [2.45, 2.75) is 51.4 Å². The zero-order chi connectivity index (χ0) is 35.9. The predicted molar refractivity (Wildman–Crippen MR) is 225 cm³/mol. The average molecular weight is 687 g/mol. The lowest BCUT2D eigenvalue weighted by atomic mass is 9.82. The van der Waals surface area contributed by atoms with Gasteiger partial charge in [-0.2, -0.15) is 0 Å². The minimum absolute atomic E-state index is 0.160. The molecule has 6 aromatic carbocycles. The standard InChI is InChI=1S/C51H46N2/c1-36-14-12-13-33-52(50-20-11-10-19-45(36)50)43-29-31-46-47-32-30-44(35-49(47)51(2,3)48(46)34-43)53(41-25-21-39(22-26-41)37-15-6-4-7-16-37)42-27-23-40(24-28-42)38-17-8-5-9-18-38/h4-10,15-19,21-32,34-35H,1,11-14,20,33H2,2-3H3. The lowest BCUT2D eigenvalue weighted by Crippen LogP contribution is -2.28. The highest BCUT2D eigenvalue weighted by atomic mass is 15.1. The van der Waals surface area contributed by atoms with Crippen LogP contribution in [0.2, 0.25) is 0 Å². The molecule has 1 heterocycles. The first-order valence-electron chi connectivity index (χ1n) is 19.2. The van der Waals surface area contributed by atoms with Gasteiger partial charge in [0.15, 0.2) is 0 Å². The van der Waals surface area contributed by atoms with E-state index < -0.39 is 0 Å². The molecule has 2 nitrogen and oxygen atoms in total. The second-order valence-electron chi connectivity index (χ2n) is 15.3. The van der Waals surface area contributed by atoms with Crippen molar-refractivity contribution >= 4 is 22.7 Å². The lowest BCUT2D eigenvalue weighted by Gasteiger charge is -2.34. The first-order chi connectivity index (χ1) is 26.0. The highest BCUT2D eigenvalue weighted by molar-refractivity contribution is 5.87. The summed E-state index contributed by atoms with van der Waals surface area (Å²) in [4.78, 5) is 5.01. The molecule has 0 atom stereocenters. The van der Waals surface area contributed by atoms with Gasteiger partial charge in [0.1, 0.15) is 0 Å². The van der Waals surface area contributed by atoms with Crippen LogP contribution >= 0.6 is 0 Å². The number of hydrogen-bond donors (Lipinski definition) is 0. The van der Waals surface area contributed by atoms with Gasteiger partial charge in [-0.1, -0.05) is 130 Å². The highest BCUT2D eigenvalue weighted by Crippen LogP contribution is 2.52. The number of fused-ring (bicyclic) bond motifs is 3. The lowest BCUT2D eigenvalue weighted by molar-refractivity contribution is 0.657. The van der Waals surface area contributed by atoms with Crippen molar-refractivity contribution < 1.29 is 0 Å². The maximum Gasteiger partial charge on any atom is 0.0465 e. The van der Waals surface area contributed by atoms with Gasteiger partial charge in [0.25, 0.3) is 0 Å². The summed E-state index contributed by atoms with van der Waals surface area (Å²) >= 11 is 0. The van der Waals surface area contributed by atoms with Crippen LogP contribution in [-0.4, -0.2) is 6.54 Å². The van der Waals surface area contributed by atoms with E-state index in [9.17, 15) is 0 Å². The van der Waals surface area contributed by atoms with E-state index in [0.29, 0.717) is 0 Å². The van der Waals surface area contributed by atoms with Crippen molar-refractivity contribution in [1.82, 2.24) is 0 Å². The minimum atomic E-state index is -0.160. The Bertz CT molecular complexity index is 2280. The molecule has 3 aliphatic rings. The summed E-state index contributed by atoms with van der Waals surface area (Å²) in [5.74, 6) is 0. The maximum atomic E-state index is 4.50. The molecule has 0 radical (unpaired) electrons. The molecule has 2 heteroatoms. The van der Waals surface area contributed by atoms with E-state index in [0.717, 1.165) is 42.9 Å². The quantitative estimate of drug-likeness (QED) is 0.172. The molecule has 0 saturated heterocycles. The van der Waals surface area contributed by atoms with E-state index in [2.05, 4.69) is 188 Å². The van der Waals surface area contributed by atoms with Gasteiger partial charge in [-0.15, -0.1) is 0 Å². The van der Waals surface area contributed by atoms with Gasteiger partial charge in [0.05, 0.1) is 0 Å². The number of nitrogens with zero attached hydrogens (tertiary/aromatic N) is 2. The predicted octanol–water partition coefficient (Wildman–Crippen LogP) is 13.9. The SMILES string of the molecule is C=C1CCCCN(c2ccc3c(c2)C(C)(C)c2cc(N(c4ccc(-c5ccccc5)cc4)c4ccc(-c5ccccc5)cc4)ccc2-3)C2=C1C=CCC2. The van der Waals surface area contributed by atoms with Crippen molar-refractivity contribution in [3.63, 3.8) is 0 Å².